The molecule has 3 rings (SSSR count). The summed E-state index contributed by atoms with van der Waals surface area (Å²) in [6.07, 6.45) is 1.55. The predicted molar refractivity (Wildman–Crippen MR) is 100 cm³/mol. The minimum Gasteiger partial charge on any atom is -0.272 e. The van der Waals surface area contributed by atoms with Crippen molar-refractivity contribution in [3.05, 3.63) is 75.9 Å². The number of H-pyrrole nitrogens is 1. The van der Waals surface area contributed by atoms with E-state index in [1.54, 1.807) is 24.4 Å². The second kappa shape index (κ2) is 7.32. The Balaban J connectivity index is 1.68. The molecule has 0 aliphatic heterocycles. The molecule has 1 aromatic heterocycles. The summed E-state index contributed by atoms with van der Waals surface area (Å²) in [5, 5.41) is 11.5. The lowest BCUT2D eigenvalue weighted by molar-refractivity contribution is 0.0950. The summed E-state index contributed by atoms with van der Waals surface area (Å²) in [6, 6.07) is 14.9. The molecule has 0 aliphatic carbocycles. The molecule has 126 valence electrons. The van der Waals surface area contributed by atoms with E-state index < -0.39 is 0 Å². The molecule has 1 heterocycles. The third kappa shape index (κ3) is 4.14. The Kier molecular flexibility index (Phi) is 4.95. The topological polar surface area (TPSA) is 70.1 Å². The Hall–Kier alpha value is -2.92. The first-order valence-electron chi connectivity index (χ1n) is 7.75. The van der Waals surface area contributed by atoms with Gasteiger partial charge in [-0.15, -0.1) is 0 Å². The molecule has 0 unspecified atom stereocenters. The van der Waals surface area contributed by atoms with Crippen LogP contribution in [-0.2, 0) is 0 Å². The first-order valence-corrected chi connectivity index (χ1v) is 8.13. The molecule has 0 saturated heterocycles. The lowest BCUT2D eigenvalue weighted by atomic mass is 10.0. The molecule has 0 bridgehead atoms. The van der Waals surface area contributed by atoms with Gasteiger partial charge < -0.3 is 0 Å². The molecule has 0 saturated carbocycles. The molecule has 6 heteroatoms. The Morgan fingerprint density at radius 2 is 1.88 bits per heavy atom. The highest BCUT2D eigenvalue weighted by molar-refractivity contribution is 6.30. The molecule has 25 heavy (non-hydrogen) atoms. The Bertz CT molecular complexity index is 929. The molecule has 2 aromatic carbocycles. The molecule has 0 atom stereocenters. The maximum atomic E-state index is 12.1. The van der Waals surface area contributed by atoms with Crippen LogP contribution in [0.25, 0.3) is 11.3 Å². The number of amides is 1. The number of aryl methyl sites for hydroxylation is 2. The highest BCUT2D eigenvalue weighted by Gasteiger charge is 2.10. The molecular formula is C19H17ClN4O. The SMILES string of the molecule is Cc1ccc(-c2cc(C(=O)N/N=C\c3ccc(Cl)cc3)[nH]n2)cc1C. The summed E-state index contributed by atoms with van der Waals surface area (Å²) < 4.78 is 0. The largest absolute Gasteiger partial charge is 0.289 e. The van der Waals surface area contributed by atoms with Crippen LogP contribution in [-0.4, -0.2) is 22.3 Å². The molecule has 1 amide bonds. The van der Waals surface area contributed by atoms with E-state index in [0.717, 1.165) is 16.8 Å². The number of halogens is 1. The fraction of sp³-hybridized carbons (Fsp3) is 0.105. The molecule has 0 spiro atoms. The van der Waals surface area contributed by atoms with Crippen molar-refractivity contribution in [2.45, 2.75) is 13.8 Å². The van der Waals surface area contributed by atoms with Gasteiger partial charge in [-0.25, -0.2) is 5.43 Å². The number of hydrogen-bond acceptors (Lipinski definition) is 3. The van der Waals surface area contributed by atoms with E-state index in [1.807, 2.05) is 37.3 Å². The number of carbonyl (C=O) groups is 1. The summed E-state index contributed by atoms with van der Waals surface area (Å²) in [4.78, 5) is 12.1. The normalized spacial score (nSPS) is 11.0. The van der Waals surface area contributed by atoms with E-state index in [0.29, 0.717) is 10.7 Å². The summed E-state index contributed by atoms with van der Waals surface area (Å²) in [7, 11) is 0. The van der Waals surface area contributed by atoms with Crippen LogP contribution in [0.4, 0.5) is 0 Å². The lowest BCUT2D eigenvalue weighted by Crippen LogP contribution is -2.17. The highest BCUT2D eigenvalue weighted by Crippen LogP contribution is 2.20. The van der Waals surface area contributed by atoms with Crippen LogP contribution in [0.2, 0.25) is 5.02 Å². The fourth-order valence-corrected chi connectivity index (χ4v) is 2.39. The Morgan fingerprint density at radius 3 is 2.60 bits per heavy atom. The van der Waals surface area contributed by atoms with Gasteiger partial charge in [0, 0.05) is 10.6 Å². The molecule has 5 nitrogen and oxygen atoms in total. The van der Waals surface area contributed by atoms with Gasteiger partial charge in [-0.1, -0.05) is 35.9 Å². The van der Waals surface area contributed by atoms with Crippen molar-refractivity contribution in [3.63, 3.8) is 0 Å². The first-order chi connectivity index (χ1) is 12.0. The van der Waals surface area contributed by atoms with Gasteiger partial charge in [0.2, 0.25) is 0 Å². The molecule has 0 aliphatic rings. The van der Waals surface area contributed by atoms with Crippen LogP contribution in [0, 0.1) is 13.8 Å². The van der Waals surface area contributed by atoms with Crippen molar-refractivity contribution >= 4 is 23.7 Å². The van der Waals surface area contributed by atoms with Crippen LogP contribution in [0.3, 0.4) is 0 Å². The summed E-state index contributed by atoms with van der Waals surface area (Å²) >= 11 is 5.82. The number of aromatic nitrogens is 2. The van der Waals surface area contributed by atoms with E-state index in [1.165, 1.54) is 11.1 Å². The summed E-state index contributed by atoms with van der Waals surface area (Å²) in [5.74, 6) is -0.354. The number of nitrogens with zero attached hydrogens (tertiary/aromatic N) is 2. The Labute approximate surface area is 150 Å². The lowest BCUT2D eigenvalue weighted by Gasteiger charge is -2.01. The van der Waals surface area contributed by atoms with E-state index in [4.69, 9.17) is 11.6 Å². The quantitative estimate of drug-likeness (QED) is 0.548. The van der Waals surface area contributed by atoms with Gasteiger partial charge >= 0.3 is 0 Å². The molecule has 2 N–H and O–H groups in total. The number of rotatable bonds is 4. The number of hydrogen-bond donors (Lipinski definition) is 2. The van der Waals surface area contributed by atoms with Gasteiger partial charge in [-0.2, -0.15) is 10.2 Å². The number of hydrazone groups is 1. The number of aromatic amines is 1. The van der Waals surface area contributed by atoms with Gasteiger partial charge in [0.25, 0.3) is 5.91 Å². The maximum Gasteiger partial charge on any atom is 0.289 e. The van der Waals surface area contributed by atoms with Crippen molar-refractivity contribution in [2.75, 3.05) is 0 Å². The molecule has 0 fully saturated rings. The minimum absolute atomic E-state index is 0.349. The van der Waals surface area contributed by atoms with E-state index in [9.17, 15) is 4.79 Å². The third-order valence-corrected chi connectivity index (χ3v) is 4.13. The van der Waals surface area contributed by atoms with Gasteiger partial charge in [0.05, 0.1) is 11.9 Å². The molecule has 3 aromatic rings. The van der Waals surface area contributed by atoms with Crippen molar-refractivity contribution < 1.29 is 4.79 Å². The summed E-state index contributed by atoms with van der Waals surface area (Å²) in [5.41, 5.74) is 7.74. The monoisotopic (exact) mass is 352 g/mol. The van der Waals surface area contributed by atoms with Crippen LogP contribution in [0.1, 0.15) is 27.2 Å². The van der Waals surface area contributed by atoms with Gasteiger partial charge in [-0.05, 0) is 54.8 Å². The smallest absolute Gasteiger partial charge is 0.272 e. The second-order valence-corrected chi connectivity index (χ2v) is 6.15. The van der Waals surface area contributed by atoms with Crippen LogP contribution >= 0.6 is 11.6 Å². The average molecular weight is 353 g/mol. The van der Waals surface area contributed by atoms with E-state index in [2.05, 4.69) is 27.6 Å². The summed E-state index contributed by atoms with van der Waals surface area (Å²) in [6.45, 7) is 4.10. The molecular weight excluding hydrogens is 336 g/mol. The maximum absolute atomic E-state index is 12.1. The van der Waals surface area contributed by atoms with Crippen LogP contribution in [0.5, 0.6) is 0 Å². The fourth-order valence-electron chi connectivity index (χ4n) is 2.26. The van der Waals surface area contributed by atoms with Crippen molar-refractivity contribution in [2.24, 2.45) is 5.10 Å². The number of nitrogens with one attached hydrogen (secondary N) is 2. The number of benzene rings is 2. The Morgan fingerprint density at radius 1 is 1.12 bits per heavy atom. The van der Waals surface area contributed by atoms with Crippen molar-refractivity contribution in [1.29, 1.82) is 0 Å². The predicted octanol–water partition coefficient (Wildman–Crippen LogP) is 4.11. The highest BCUT2D eigenvalue weighted by atomic mass is 35.5. The van der Waals surface area contributed by atoms with Crippen molar-refractivity contribution in [3.8, 4) is 11.3 Å². The number of carbonyl (C=O) groups excluding carboxylic acids is 1. The minimum atomic E-state index is -0.354. The van der Waals surface area contributed by atoms with Gasteiger partial charge in [0.1, 0.15) is 5.69 Å². The average Bonchev–Trinajstić information content (AvgIpc) is 3.09. The zero-order valence-corrected chi connectivity index (χ0v) is 14.6. The van der Waals surface area contributed by atoms with Gasteiger partial charge in [0.15, 0.2) is 0 Å². The van der Waals surface area contributed by atoms with E-state index in [-0.39, 0.29) is 5.91 Å². The zero-order chi connectivity index (χ0) is 17.8. The van der Waals surface area contributed by atoms with Crippen LogP contribution in [0.15, 0.2) is 53.6 Å². The molecule has 0 radical (unpaired) electrons. The second-order valence-electron chi connectivity index (χ2n) is 5.72. The van der Waals surface area contributed by atoms with E-state index >= 15 is 0 Å². The standard InChI is InChI=1S/C19H17ClN4O/c1-12-3-6-15(9-13(12)2)17-10-18(23-22-17)19(25)24-21-11-14-4-7-16(20)8-5-14/h3-11H,1-2H3,(H,22,23)(H,24,25)/b21-11-. The van der Waals surface area contributed by atoms with Gasteiger partial charge in [-0.3, -0.25) is 9.89 Å². The van der Waals surface area contributed by atoms with Crippen molar-refractivity contribution in [1.82, 2.24) is 15.6 Å². The zero-order valence-electron chi connectivity index (χ0n) is 13.9. The van der Waals surface area contributed by atoms with Crippen LogP contribution < -0.4 is 5.43 Å². The third-order valence-electron chi connectivity index (χ3n) is 3.87. The first kappa shape index (κ1) is 16.9.